The third-order valence-electron chi connectivity index (χ3n) is 3.11. The molecule has 0 fully saturated rings. The van der Waals surface area contributed by atoms with Crippen LogP contribution in [0.5, 0.6) is 0 Å². The number of carbonyl (C=O) groups is 2. The van der Waals surface area contributed by atoms with Crippen LogP contribution in [0.25, 0.3) is 0 Å². The molecule has 0 aliphatic heterocycles. The number of hydrogen-bond acceptors (Lipinski definition) is 4. The molecule has 0 saturated carbocycles. The minimum Gasteiger partial charge on any atom is -0.452 e. The normalized spacial score (nSPS) is 10.3. The molecule has 5 heteroatoms. The average Bonchev–Trinajstić information content (AvgIpc) is 2.54. The molecule has 5 nitrogen and oxygen atoms in total. The number of aromatic nitrogens is 1. The summed E-state index contributed by atoms with van der Waals surface area (Å²) < 4.78 is 4.95. The van der Waals surface area contributed by atoms with Gasteiger partial charge in [0.15, 0.2) is 6.61 Å². The zero-order chi connectivity index (χ0) is 15.9. The van der Waals surface area contributed by atoms with Crippen molar-refractivity contribution in [2.24, 2.45) is 0 Å². The lowest BCUT2D eigenvalue weighted by Crippen LogP contribution is -2.20. The van der Waals surface area contributed by atoms with E-state index in [9.17, 15) is 9.59 Å². The van der Waals surface area contributed by atoms with Crippen LogP contribution in [0.2, 0.25) is 0 Å². The van der Waals surface area contributed by atoms with Gasteiger partial charge in [-0.2, -0.15) is 0 Å². The number of carbonyl (C=O) groups excluding carboxylic acids is 2. The second kappa shape index (κ2) is 7.36. The van der Waals surface area contributed by atoms with Crippen LogP contribution in [0.3, 0.4) is 0 Å². The molecule has 0 radical (unpaired) electrons. The van der Waals surface area contributed by atoms with Crippen molar-refractivity contribution >= 4 is 17.6 Å². The van der Waals surface area contributed by atoms with E-state index in [1.54, 1.807) is 0 Å². The Balaban J connectivity index is 1.84. The summed E-state index contributed by atoms with van der Waals surface area (Å²) in [7, 11) is 0. The molecule has 2 aromatic rings. The second-order valence-corrected chi connectivity index (χ2v) is 5.14. The van der Waals surface area contributed by atoms with Gasteiger partial charge in [0.2, 0.25) is 0 Å². The van der Waals surface area contributed by atoms with E-state index in [1.165, 1.54) is 30.1 Å². The standard InChI is InChI=1S/C17H18N2O3/c1-12(2)13-3-5-15(6-4-13)19-16(20)11-22-17(21)14-7-9-18-10-8-14/h3-10,12H,11H2,1-2H3,(H,19,20). The number of nitrogens with zero attached hydrogens (tertiary/aromatic N) is 1. The Bertz CT molecular complexity index is 637. The molecule has 114 valence electrons. The van der Waals surface area contributed by atoms with Crippen LogP contribution in [0, 0.1) is 0 Å². The first kappa shape index (κ1) is 15.7. The Labute approximate surface area is 129 Å². The molecule has 1 N–H and O–H groups in total. The lowest BCUT2D eigenvalue weighted by Gasteiger charge is -2.09. The van der Waals surface area contributed by atoms with Crippen LogP contribution in [-0.4, -0.2) is 23.5 Å². The van der Waals surface area contributed by atoms with Crippen molar-refractivity contribution in [1.82, 2.24) is 4.98 Å². The first-order valence-electron chi connectivity index (χ1n) is 7.03. The highest BCUT2D eigenvalue weighted by Gasteiger charge is 2.10. The maximum absolute atomic E-state index is 11.8. The van der Waals surface area contributed by atoms with Crippen molar-refractivity contribution in [3.63, 3.8) is 0 Å². The molecule has 0 bridgehead atoms. The summed E-state index contributed by atoms with van der Waals surface area (Å²) in [6.45, 7) is 3.88. The molecular formula is C17H18N2O3. The van der Waals surface area contributed by atoms with Gasteiger partial charge in [0.1, 0.15) is 0 Å². The smallest absolute Gasteiger partial charge is 0.338 e. The molecule has 1 aromatic heterocycles. The second-order valence-electron chi connectivity index (χ2n) is 5.14. The largest absolute Gasteiger partial charge is 0.452 e. The van der Waals surface area contributed by atoms with E-state index < -0.39 is 5.97 Å². The fourth-order valence-corrected chi connectivity index (χ4v) is 1.85. The number of pyridine rings is 1. The Morgan fingerprint density at radius 2 is 1.73 bits per heavy atom. The molecule has 0 aliphatic rings. The molecule has 1 amide bonds. The predicted molar refractivity (Wildman–Crippen MR) is 83.7 cm³/mol. The summed E-state index contributed by atoms with van der Waals surface area (Å²) in [5, 5.41) is 2.69. The summed E-state index contributed by atoms with van der Waals surface area (Å²) >= 11 is 0. The van der Waals surface area contributed by atoms with Crippen molar-refractivity contribution in [2.75, 3.05) is 11.9 Å². The molecule has 0 atom stereocenters. The number of rotatable bonds is 5. The molecule has 22 heavy (non-hydrogen) atoms. The van der Waals surface area contributed by atoms with E-state index in [-0.39, 0.29) is 12.5 Å². The molecule has 1 aromatic carbocycles. The van der Waals surface area contributed by atoms with Crippen molar-refractivity contribution < 1.29 is 14.3 Å². The summed E-state index contributed by atoms with van der Waals surface area (Å²) in [5.41, 5.74) is 2.24. The number of anilines is 1. The predicted octanol–water partition coefficient (Wildman–Crippen LogP) is 3.00. The molecule has 2 rings (SSSR count). The molecule has 0 unspecified atom stereocenters. The molecule has 0 spiro atoms. The van der Waals surface area contributed by atoms with Gasteiger partial charge in [0, 0.05) is 18.1 Å². The van der Waals surface area contributed by atoms with Crippen LogP contribution in [0.4, 0.5) is 5.69 Å². The van der Waals surface area contributed by atoms with Crippen LogP contribution in [-0.2, 0) is 9.53 Å². The zero-order valence-corrected chi connectivity index (χ0v) is 12.6. The molecule has 0 saturated heterocycles. The van der Waals surface area contributed by atoms with Crippen LogP contribution < -0.4 is 5.32 Å². The Kier molecular flexibility index (Phi) is 5.25. The third-order valence-corrected chi connectivity index (χ3v) is 3.11. The Hall–Kier alpha value is -2.69. The molecular weight excluding hydrogens is 280 g/mol. The fourth-order valence-electron chi connectivity index (χ4n) is 1.85. The third kappa shape index (κ3) is 4.41. The SMILES string of the molecule is CC(C)c1ccc(NC(=O)COC(=O)c2ccncc2)cc1. The summed E-state index contributed by atoms with van der Waals surface area (Å²) in [5.74, 6) is -0.488. The number of benzene rings is 1. The van der Waals surface area contributed by atoms with Gasteiger partial charge >= 0.3 is 5.97 Å². The highest BCUT2D eigenvalue weighted by Crippen LogP contribution is 2.17. The van der Waals surface area contributed by atoms with Gasteiger partial charge in [-0.15, -0.1) is 0 Å². The van der Waals surface area contributed by atoms with E-state index in [2.05, 4.69) is 24.1 Å². The quantitative estimate of drug-likeness (QED) is 0.862. The lowest BCUT2D eigenvalue weighted by molar-refractivity contribution is -0.119. The van der Waals surface area contributed by atoms with Crippen LogP contribution >= 0.6 is 0 Å². The van der Waals surface area contributed by atoms with E-state index in [0.717, 1.165) is 0 Å². The van der Waals surface area contributed by atoms with Crippen molar-refractivity contribution in [3.8, 4) is 0 Å². The van der Waals surface area contributed by atoms with E-state index in [4.69, 9.17) is 4.74 Å². The fraction of sp³-hybridized carbons (Fsp3) is 0.235. The lowest BCUT2D eigenvalue weighted by atomic mass is 10.0. The summed E-state index contributed by atoms with van der Waals surface area (Å²) in [4.78, 5) is 27.3. The first-order valence-corrected chi connectivity index (χ1v) is 7.03. The number of ether oxygens (including phenoxy) is 1. The van der Waals surface area contributed by atoms with Gasteiger partial charge in [-0.3, -0.25) is 9.78 Å². The number of amides is 1. The van der Waals surface area contributed by atoms with Crippen LogP contribution in [0.15, 0.2) is 48.8 Å². The Morgan fingerprint density at radius 3 is 2.32 bits per heavy atom. The zero-order valence-electron chi connectivity index (χ0n) is 12.6. The molecule has 1 heterocycles. The Morgan fingerprint density at radius 1 is 1.09 bits per heavy atom. The summed E-state index contributed by atoms with van der Waals surface area (Å²) in [6, 6.07) is 10.7. The van der Waals surface area contributed by atoms with Crippen LogP contribution in [0.1, 0.15) is 35.7 Å². The average molecular weight is 298 g/mol. The number of nitrogens with one attached hydrogen (secondary N) is 1. The monoisotopic (exact) mass is 298 g/mol. The molecule has 0 aliphatic carbocycles. The van der Waals surface area contributed by atoms with E-state index in [1.807, 2.05) is 24.3 Å². The van der Waals surface area contributed by atoms with Crippen molar-refractivity contribution in [1.29, 1.82) is 0 Å². The van der Waals surface area contributed by atoms with Crippen molar-refractivity contribution in [2.45, 2.75) is 19.8 Å². The highest BCUT2D eigenvalue weighted by atomic mass is 16.5. The maximum atomic E-state index is 11.8. The van der Waals surface area contributed by atoms with Crippen molar-refractivity contribution in [3.05, 3.63) is 59.9 Å². The number of esters is 1. The minimum absolute atomic E-state index is 0.326. The maximum Gasteiger partial charge on any atom is 0.338 e. The highest BCUT2D eigenvalue weighted by molar-refractivity contribution is 5.95. The van der Waals surface area contributed by atoms with Gasteiger partial charge in [-0.05, 0) is 35.7 Å². The van der Waals surface area contributed by atoms with Gasteiger partial charge in [-0.1, -0.05) is 26.0 Å². The van der Waals surface area contributed by atoms with E-state index >= 15 is 0 Å². The topological polar surface area (TPSA) is 68.3 Å². The number of hydrogen-bond donors (Lipinski definition) is 1. The van der Waals surface area contributed by atoms with Gasteiger partial charge in [-0.25, -0.2) is 4.79 Å². The first-order chi connectivity index (χ1) is 10.6. The van der Waals surface area contributed by atoms with Gasteiger partial charge < -0.3 is 10.1 Å². The van der Waals surface area contributed by atoms with E-state index in [0.29, 0.717) is 17.2 Å². The summed E-state index contributed by atoms with van der Waals surface area (Å²) in [6.07, 6.45) is 2.99. The minimum atomic E-state index is -0.548. The van der Waals surface area contributed by atoms with Gasteiger partial charge in [0.05, 0.1) is 5.56 Å². The van der Waals surface area contributed by atoms with Gasteiger partial charge in [0.25, 0.3) is 5.91 Å².